The first-order chi connectivity index (χ1) is 9.04. The van der Waals surface area contributed by atoms with Gasteiger partial charge in [-0.3, -0.25) is 0 Å². The van der Waals surface area contributed by atoms with E-state index >= 15 is 0 Å². The van der Waals surface area contributed by atoms with Crippen molar-refractivity contribution in [1.29, 1.82) is 0 Å². The van der Waals surface area contributed by atoms with Crippen LogP contribution in [0.2, 0.25) is 0 Å². The Labute approximate surface area is 116 Å². The maximum absolute atomic E-state index is 12.3. The first kappa shape index (κ1) is 14.3. The highest BCUT2D eigenvalue weighted by molar-refractivity contribution is 7.89. The third kappa shape index (κ3) is 3.24. The van der Waals surface area contributed by atoms with Crippen LogP contribution in [0.25, 0.3) is 0 Å². The van der Waals surface area contributed by atoms with Crippen molar-refractivity contribution in [1.82, 2.24) is 10.0 Å². The first-order valence-corrected chi connectivity index (χ1v) is 8.14. The minimum Gasteiger partial charge on any atom is -0.468 e. The van der Waals surface area contributed by atoms with Gasteiger partial charge in [0.15, 0.2) is 0 Å². The summed E-state index contributed by atoms with van der Waals surface area (Å²) in [5.74, 6) is 0.589. The summed E-state index contributed by atoms with van der Waals surface area (Å²) in [6, 6.07) is 3.46. The monoisotopic (exact) mass is 300 g/mol. The molecule has 0 bridgehead atoms. The van der Waals surface area contributed by atoms with Gasteiger partial charge in [0.2, 0.25) is 10.0 Å². The summed E-state index contributed by atoms with van der Waals surface area (Å²) in [4.78, 5) is 1.19. The summed E-state index contributed by atoms with van der Waals surface area (Å²) in [7, 11) is -1.72. The molecule has 5 nitrogen and oxygen atoms in total. The number of thiophene rings is 1. The zero-order chi connectivity index (χ0) is 13.9. The second-order valence-corrected chi connectivity index (χ2v) is 6.77. The van der Waals surface area contributed by atoms with Crippen molar-refractivity contribution in [2.45, 2.75) is 24.9 Å². The normalized spacial score (nSPS) is 11.9. The van der Waals surface area contributed by atoms with Crippen molar-refractivity contribution in [2.75, 3.05) is 7.05 Å². The van der Waals surface area contributed by atoms with Gasteiger partial charge >= 0.3 is 0 Å². The molecule has 0 saturated heterocycles. The van der Waals surface area contributed by atoms with E-state index in [1.807, 2.05) is 5.38 Å². The standard InChI is InChI=1S/C12H16N2O3S2/c1-9-8-18-11(7-13-2)12(9)19(15,16)14-6-10-4-3-5-17-10/h3-5,8,13-14H,6-7H2,1-2H3. The summed E-state index contributed by atoms with van der Waals surface area (Å²) >= 11 is 1.45. The number of nitrogens with one attached hydrogen (secondary N) is 2. The molecular weight excluding hydrogens is 284 g/mol. The molecule has 0 fully saturated rings. The van der Waals surface area contributed by atoms with Crippen molar-refractivity contribution >= 4 is 21.4 Å². The van der Waals surface area contributed by atoms with Crippen LogP contribution in [0.5, 0.6) is 0 Å². The Morgan fingerprint density at radius 2 is 2.16 bits per heavy atom. The van der Waals surface area contributed by atoms with Gasteiger partial charge in [-0.1, -0.05) is 0 Å². The highest BCUT2D eigenvalue weighted by Crippen LogP contribution is 2.26. The van der Waals surface area contributed by atoms with Gasteiger partial charge in [-0.2, -0.15) is 0 Å². The van der Waals surface area contributed by atoms with Crippen molar-refractivity contribution in [3.63, 3.8) is 0 Å². The van der Waals surface area contributed by atoms with E-state index in [9.17, 15) is 8.42 Å². The number of aryl methyl sites for hydroxylation is 1. The summed E-state index contributed by atoms with van der Waals surface area (Å²) in [6.45, 7) is 2.50. The Balaban J connectivity index is 2.21. The lowest BCUT2D eigenvalue weighted by atomic mass is 10.3. The Hall–Kier alpha value is -1.15. The predicted octanol–water partition coefficient (Wildman–Crippen LogP) is 1.85. The number of sulfonamides is 1. The van der Waals surface area contributed by atoms with Gasteiger partial charge in [0, 0.05) is 11.4 Å². The second kappa shape index (κ2) is 5.87. The lowest BCUT2D eigenvalue weighted by molar-refractivity contribution is 0.498. The topological polar surface area (TPSA) is 71.3 Å². The minimum absolute atomic E-state index is 0.156. The second-order valence-electron chi connectivity index (χ2n) is 4.11. The zero-order valence-corrected chi connectivity index (χ0v) is 12.4. The number of rotatable bonds is 6. The Kier molecular flexibility index (Phi) is 4.41. The van der Waals surface area contributed by atoms with Gasteiger partial charge in [0.1, 0.15) is 10.7 Å². The number of hydrogen-bond donors (Lipinski definition) is 2. The zero-order valence-electron chi connectivity index (χ0n) is 10.8. The molecule has 0 aliphatic carbocycles. The number of furan rings is 1. The number of hydrogen-bond acceptors (Lipinski definition) is 5. The largest absolute Gasteiger partial charge is 0.468 e. The molecule has 0 spiro atoms. The maximum atomic E-state index is 12.3. The molecule has 0 amide bonds. The molecular formula is C12H16N2O3S2. The average Bonchev–Trinajstić information content (AvgIpc) is 2.97. The molecule has 2 N–H and O–H groups in total. The van der Waals surface area contributed by atoms with Gasteiger partial charge in [-0.05, 0) is 37.0 Å². The van der Waals surface area contributed by atoms with Crippen LogP contribution >= 0.6 is 11.3 Å². The van der Waals surface area contributed by atoms with Crippen LogP contribution in [0.15, 0.2) is 33.1 Å². The molecule has 0 atom stereocenters. The van der Waals surface area contributed by atoms with Crippen LogP contribution in [0.4, 0.5) is 0 Å². The third-order valence-corrected chi connectivity index (χ3v) is 5.48. The SMILES string of the molecule is CNCc1scc(C)c1S(=O)(=O)NCc1ccco1. The molecule has 0 aromatic carbocycles. The third-order valence-electron chi connectivity index (χ3n) is 2.61. The highest BCUT2D eigenvalue weighted by atomic mass is 32.2. The lowest BCUT2D eigenvalue weighted by Crippen LogP contribution is -2.24. The van der Waals surface area contributed by atoms with E-state index in [0.717, 1.165) is 10.4 Å². The Morgan fingerprint density at radius 1 is 1.37 bits per heavy atom. The van der Waals surface area contributed by atoms with Crippen LogP contribution < -0.4 is 10.0 Å². The molecule has 0 saturated carbocycles. The predicted molar refractivity (Wildman–Crippen MR) is 74.6 cm³/mol. The molecule has 0 aliphatic heterocycles. The van der Waals surface area contributed by atoms with Gasteiger partial charge in [0.05, 0.1) is 12.8 Å². The fraction of sp³-hybridized carbons (Fsp3) is 0.333. The van der Waals surface area contributed by atoms with E-state index in [0.29, 0.717) is 17.2 Å². The quantitative estimate of drug-likeness (QED) is 0.854. The summed E-state index contributed by atoms with van der Waals surface area (Å²) in [5, 5.41) is 4.83. The summed E-state index contributed by atoms with van der Waals surface area (Å²) < 4.78 is 32.3. The molecule has 2 aromatic rings. The van der Waals surface area contributed by atoms with Gasteiger partial charge < -0.3 is 9.73 Å². The van der Waals surface area contributed by atoms with E-state index < -0.39 is 10.0 Å². The minimum atomic E-state index is -3.52. The molecule has 0 radical (unpaired) electrons. The highest BCUT2D eigenvalue weighted by Gasteiger charge is 2.22. The van der Waals surface area contributed by atoms with Crippen LogP contribution in [0.1, 0.15) is 16.2 Å². The van der Waals surface area contributed by atoms with Gasteiger partial charge in [0.25, 0.3) is 0 Å². The smallest absolute Gasteiger partial charge is 0.242 e. The van der Waals surface area contributed by atoms with Gasteiger partial charge in [-0.15, -0.1) is 11.3 Å². The van der Waals surface area contributed by atoms with Crippen LogP contribution in [-0.2, 0) is 23.1 Å². The van der Waals surface area contributed by atoms with Crippen molar-refractivity contribution < 1.29 is 12.8 Å². The fourth-order valence-corrected chi connectivity index (χ4v) is 4.59. The Morgan fingerprint density at radius 3 is 2.79 bits per heavy atom. The molecule has 104 valence electrons. The lowest BCUT2D eigenvalue weighted by Gasteiger charge is -2.08. The average molecular weight is 300 g/mol. The van der Waals surface area contributed by atoms with E-state index in [-0.39, 0.29) is 6.54 Å². The van der Waals surface area contributed by atoms with E-state index in [4.69, 9.17) is 4.42 Å². The van der Waals surface area contributed by atoms with Crippen molar-refractivity contribution in [3.8, 4) is 0 Å². The summed E-state index contributed by atoms with van der Waals surface area (Å²) in [5.41, 5.74) is 0.766. The van der Waals surface area contributed by atoms with Crippen LogP contribution in [-0.4, -0.2) is 15.5 Å². The summed E-state index contributed by atoms with van der Waals surface area (Å²) in [6.07, 6.45) is 1.52. The maximum Gasteiger partial charge on any atom is 0.242 e. The first-order valence-electron chi connectivity index (χ1n) is 5.78. The molecule has 7 heteroatoms. The molecule has 2 rings (SSSR count). The van der Waals surface area contributed by atoms with Crippen molar-refractivity contribution in [3.05, 3.63) is 40.0 Å². The van der Waals surface area contributed by atoms with Crippen molar-refractivity contribution in [2.24, 2.45) is 0 Å². The molecule has 19 heavy (non-hydrogen) atoms. The molecule has 0 aliphatic rings. The molecule has 2 heterocycles. The Bertz CT molecular complexity index is 630. The van der Waals surface area contributed by atoms with E-state index in [1.165, 1.54) is 17.6 Å². The van der Waals surface area contributed by atoms with E-state index in [1.54, 1.807) is 26.1 Å². The van der Waals surface area contributed by atoms with Crippen LogP contribution in [0.3, 0.4) is 0 Å². The van der Waals surface area contributed by atoms with Crippen LogP contribution in [0, 0.1) is 6.92 Å². The molecule has 0 unspecified atom stereocenters. The fourth-order valence-electron chi connectivity index (χ4n) is 1.78. The van der Waals surface area contributed by atoms with E-state index in [2.05, 4.69) is 10.0 Å². The van der Waals surface area contributed by atoms with Gasteiger partial charge in [-0.25, -0.2) is 13.1 Å². The molecule has 2 aromatic heterocycles.